The molecule has 0 bridgehead atoms. The van der Waals surface area contributed by atoms with Gasteiger partial charge in [-0.3, -0.25) is 4.98 Å². The number of rotatable bonds is 3. The van der Waals surface area contributed by atoms with Crippen molar-refractivity contribution < 1.29 is 17.9 Å². The third-order valence-corrected chi connectivity index (χ3v) is 2.87. The Bertz CT molecular complexity index is 599. The van der Waals surface area contributed by atoms with Crippen molar-refractivity contribution in [1.82, 2.24) is 4.98 Å². The van der Waals surface area contributed by atoms with E-state index in [1.807, 2.05) is 6.92 Å². The molecule has 0 saturated heterocycles. The van der Waals surface area contributed by atoms with Gasteiger partial charge in [0, 0.05) is 12.4 Å². The first-order chi connectivity index (χ1) is 9.37. The van der Waals surface area contributed by atoms with Crippen LogP contribution in [0.1, 0.15) is 22.7 Å². The molecule has 106 valence electrons. The van der Waals surface area contributed by atoms with Crippen LogP contribution in [0.25, 0.3) is 0 Å². The number of halogens is 3. The van der Waals surface area contributed by atoms with Gasteiger partial charge < -0.3 is 10.5 Å². The average Bonchev–Trinajstić information content (AvgIpc) is 2.37. The minimum absolute atomic E-state index is 0.285. The molecule has 3 nitrogen and oxygen atoms in total. The summed E-state index contributed by atoms with van der Waals surface area (Å²) in [6, 6.07) is 6.89. The van der Waals surface area contributed by atoms with Gasteiger partial charge in [0.25, 0.3) is 0 Å². The second-order valence-corrected chi connectivity index (χ2v) is 4.33. The number of aryl methyl sites for hydroxylation is 1. The first-order valence-electron chi connectivity index (χ1n) is 5.88. The minimum Gasteiger partial charge on any atom is -0.406 e. The summed E-state index contributed by atoms with van der Waals surface area (Å²) in [5, 5.41) is 0. The number of nitrogens with zero attached hydrogens (tertiary/aromatic N) is 1. The fourth-order valence-corrected chi connectivity index (χ4v) is 1.89. The van der Waals surface area contributed by atoms with Crippen LogP contribution in [-0.4, -0.2) is 11.3 Å². The van der Waals surface area contributed by atoms with Crippen LogP contribution in [0.3, 0.4) is 0 Å². The monoisotopic (exact) mass is 282 g/mol. The number of ether oxygens (including phenoxy) is 1. The maximum absolute atomic E-state index is 12.2. The fourth-order valence-electron chi connectivity index (χ4n) is 1.89. The van der Waals surface area contributed by atoms with Crippen LogP contribution >= 0.6 is 0 Å². The lowest BCUT2D eigenvalue weighted by molar-refractivity contribution is -0.274. The Hall–Kier alpha value is -2.08. The lowest BCUT2D eigenvalue weighted by Gasteiger charge is -2.16. The van der Waals surface area contributed by atoms with E-state index in [1.54, 1.807) is 24.5 Å². The van der Waals surface area contributed by atoms with E-state index >= 15 is 0 Å². The van der Waals surface area contributed by atoms with E-state index in [2.05, 4.69) is 9.72 Å². The van der Waals surface area contributed by atoms with Crippen LogP contribution in [0.4, 0.5) is 13.2 Å². The van der Waals surface area contributed by atoms with Crippen molar-refractivity contribution in [3.63, 3.8) is 0 Å². The largest absolute Gasteiger partial charge is 0.573 e. The van der Waals surface area contributed by atoms with Crippen molar-refractivity contribution in [2.24, 2.45) is 5.73 Å². The smallest absolute Gasteiger partial charge is 0.406 e. The average molecular weight is 282 g/mol. The molecule has 0 spiro atoms. The van der Waals surface area contributed by atoms with E-state index in [1.165, 1.54) is 18.2 Å². The third-order valence-electron chi connectivity index (χ3n) is 2.87. The van der Waals surface area contributed by atoms with Crippen LogP contribution in [0.2, 0.25) is 0 Å². The number of alkyl halides is 3. The second kappa shape index (κ2) is 5.50. The zero-order chi connectivity index (χ0) is 14.8. The van der Waals surface area contributed by atoms with Crippen LogP contribution in [0, 0.1) is 6.92 Å². The van der Waals surface area contributed by atoms with Crippen molar-refractivity contribution >= 4 is 0 Å². The van der Waals surface area contributed by atoms with E-state index in [0.717, 1.165) is 11.1 Å². The summed E-state index contributed by atoms with van der Waals surface area (Å²) in [4.78, 5) is 3.98. The normalized spacial score (nSPS) is 13.1. The SMILES string of the molecule is Cc1ccncc1C(N)c1cccc(OC(F)(F)F)c1. The molecular weight excluding hydrogens is 269 g/mol. The predicted octanol–water partition coefficient (Wildman–Crippen LogP) is 3.34. The Morgan fingerprint density at radius 2 is 2.00 bits per heavy atom. The highest BCUT2D eigenvalue weighted by atomic mass is 19.4. The molecule has 20 heavy (non-hydrogen) atoms. The molecule has 1 aromatic heterocycles. The topological polar surface area (TPSA) is 48.1 Å². The molecule has 0 aliphatic carbocycles. The van der Waals surface area contributed by atoms with E-state index in [4.69, 9.17) is 5.73 Å². The van der Waals surface area contributed by atoms with Gasteiger partial charge >= 0.3 is 6.36 Å². The van der Waals surface area contributed by atoms with Gasteiger partial charge in [0.05, 0.1) is 6.04 Å². The van der Waals surface area contributed by atoms with Crippen molar-refractivity contribution in [2.75, 3.05) is 0 Å². The molecular formula is C14H13F3N2O. The zero-order valence-corrected chi connectivity index (χ0v) is 10.7. The maximum atomic E-state index is 12.2. The predicted molar refractivity (Wildman–Crippen MR) is 68.1 cm³/mol. The Morgan fingerprint density at radius 3 is 2.65 bits per heavy atom. The highest BCUT2D eigenvalue weighted by molar-refractivity contribution is 5.38. The van der Waals surface area contributed by atoms with E-state index in [9.17, 15) is 13.2 Å². The number of nitrogens with two attached hydrogens (primary N) is 1. The molecule has 1 unspecified atom stereocenters. The van der Waals surface area contributed by atoms with Crippen molar-refractivity contribution in [1.29, 1.82) is 0 Å². The summed E-state index contributed by atoms with van der Waals surface area (Å²) in [7, 11) is 0. The van der Waals surface area contributed by atoms with E-state index in [-0.39, 0.29) is 5.75 Å². The highest BCUT2D eigenvalue weighted by Crippen LogP contribution is 2.27. The Kier molecular flexibility index (Phi) is 3.94. The van der Waals surface area contributed by atoms with Gasteiger partial charge in [-0.1, -0.05) is 12.1 Å². The molecule has 2 rings (SSSR count). The minimum atomic E-state index is -4.72. The second-order valence-electron chi connectivity index (χ2n) is 4.33. The third kappa shape index (κ3) is 3.48. The number of hydrogen-bond acceptors (Lipinski definition) is 3. The van der Waals surface area contributed by atoms with Gasteiger partial charge in [-0.25, -0.2) is 0 Å². The molecule has 0 radical (unpaired) electrons. The molecule has 0 fully saturated rings. The van der Waals surface area contributed by atoms with Gasteiger partial charge in [0.15, 0.2) is 0 Å². The van der Waals surface area contributed by atoms with Gasteiger partial charge in [0.2, 0.25) is 0 Å². The summed E-state index contributed by atoms with van der Waals surface area (Å²) in [5.41, 5.74) is 8.29. The summed E-state index contributed by atoms with van der Waals surface area (Å²) in [6.45, 7) is 1.87. The standard InChI is InChI=1S/C14H13F3N2O/c1-9-5-6-19-8-12(9)13(18)10-3-2-4-11(7-10)20-14(15,16)17/h2-8,13H,18H2,1H3. The fraction of sp³-hybridized carbons (Fsp3) is 0.214. The summed E-state index contributed by atoms with van der Waals surface area (Å²) >= 11 is 0. The van der Waals surface area contributed by atoms with Crippen molar-refractivity contribution in [2.45, 2.75) is 19.3 Å². The number of hydrogen-bond donors (Lipinski definition) is 1. The van der Waals surface area contributed by atoms with Crippen LogP contribution < -0.4 is 10.5 Å². The first kappa shape index (κ1) is 14.3. The quantitative estimate of drug-likeness (QED) is 0.939. The van der Waals surface area contributed by atoms with Crippen LogP contribution in [-0.2, 0) is 0 Å². The number of pyridine rings is 1. The molecule has 1 heterocycles. The molecule has 1 atom stereocenters. The summed E-state index contributed by atoms with van der Waals surface area (Å²) in [6.07, 6.45) is -1.47. The summed E-state index contributed by atoms with van der Waals surface area (Å²) in [5.74, 6) is -0.285. The maximum Gasteiger partial charge on any atom is 0.573 e. The molecule has 0 aliphatic rings. The Balaban J connectivity index is 2.29. The molecule has 2 N–H and O–H groups in total. The van der Waals surface area contributed by atoms with Gasteiger partial charge in [-0.2, -0.15) is 0 Å². The van der Waals surface area contributed by atoms with Crippen LogP contribution in [0.15, 0.2) is 42.7 Å². The van der Waals surface area contributed by atoms with Gasteiger partial charge in [0.1, 0.15) is 5.75 Å². The lowest BCUT2D eigenvalue weighted by Crippen LogP contribution is -2.18. The first-order valence-corrected chi connectivity index (χ1v) is 5.88. The van der Waals surface area contributed by atoms with Crippen LogP contribution in [0.5, 0.6) is 5.75 Å². The number of aromatic nitrogens is 1. The molecule has 0 aliphatic heterocycles. The van der Waals surface area contributed by atoms with Gasteiger partial charge in [-0.05, 0) is 41.8 Å². The lowest BCUT2D eigenvalue weighted by atomic mass is 9.97. The van der Waals surface area contributed by atoms with Crippen molar-refractivity contribution in [3.8, 4) is 5.75 Å². The highest BCUT2D eigenvalue weighted by Gasteiger charge is 2.31. The molecule has 6 heteroatoms. The summed E-state index contributed by atoms with van der Waals surface area (Å²) < 4.78 is 40.5. The zero-order valence-electron chi connectivity index (χ0n) is 10.7. The number of benzene rings is 1. The molecule has 2 aromatic rings. The molecule has 0 amide bonds. The van der Waals surface area contributed by atoms with E-state index in [0.29, 0.717) is 5.56 Å². The van der Waals surface area contributed by atoms with Crippen molar-refractivity contribution in [3.05, 3.63) is 59.4 Å². The molecule has 0 saturated carbocycles. The van der Waals surface area contributed by atoms with Gasteiger partial charge in [-0.15, -0.1) is 13.2 Å². The Labute approximate surface area is 114 Å². The molecule has 1 aromatic carbocycles. The van der Waals surface area contributed by atoms with E-state index < -0.39 is 12.4 Å². The Morgan fingerprint density at radius 1 is 1.25 bits per heavy atom.